The molecule has 0 unspecified atom stereocenters. The largest absolute Gasteiger partial charge is 0.451 e. The van der Waals surface area contributed by atoms with Crippen molar-refractivity contribution in [2.45, 2.75) is 18.9 Å². The number of benzene rings is 2. The van der Waals surface area contributed by atoms with Crippen LogP contribution in [-0.4, -0.2) is 35.3 Å². The van der Waals surface area contributed by atoms with Gasteiger partial charge in [-0.25, -0.2) is 4.99 Å². The first-order valence-electron chi connectivity index (χ1n) is 9.46. The molecule has 146 valence electrons. The summed E-state index contributed by atoms with van der Waals surface area (Å²) in [5.74, 6) is -0.603. The highest BCUT2D eigenvalue weighted by Gasteiger charge is 2.37. The van der Waals surface area contributed by atoms with Crippen LogP contribution in [0.15, 0.2) is 71.9 Å². The summed E-state index contributed by atoms with van der Waals surface area (Å²) in [7, 11) is 0. The first-order valence-corrected chi connectivity index (χ1v) is 9.46. The summed E-state index contributed by atoms with van der Waals surface area (Å²) < 4.78 is 5.72. The Morgan fingerprint density at radius 2 is 1.93 bits per heavy atom. The molecule has 3 aromatic rings. The Hall–Kier alpha value is -3.67. The highest BCUT2D eigenvalue weighted by molar-refractivity contribution is 6.04. The molecule has 0 spiro atoms. The molecule has 1 aliphatic heterocycles. The van der Waals surface area contributed by atoms with Crippen LogP contribution in [0.1, 0.15) is 24.0 Å². The lowest BCUT2D eigenvalue weighted by Crippen LogP contribution is -2.28. The third-order valence-electron chi connectivity index (χ3n) is 4.93. The molecule has 0 aliphatic carbocycles. The highest BCUT2D eigenvalue weighted by atomic mass is 16.5. The summed E-state index contributed by atoms with van der Waals surface area (Å²) >= 11 is 0. The van der Waals surface area contributed by atoms with Gasteiger partial charge in [0.05, 0.1) is 0 Å². The maximum atomic E-state index is 12.4. The lowest BCUT2D eigenvalue weighted by molar-refractivity contribution is -0.124. The number of amides is 1. The molecule has 1 amide bonds. The van der Waals surface area contributed by atoms with Crippen molar-refractivity contribution in [2.75, 3.05) is 6.54 Å². The monoisotopic (exact) mass is 387 g/mol. The number of nitrogens with one attached hydrogen (secondary N) is 2. The van der Waals surface area contributed by atoms with Crippen molar-refractivity contribution in [2.24, 2.45) is 4.99 Å². The lowest BCUT2D eigenvalue weighted by atomic mass is 9.94. The standard InChI is InChI=1S/C23H21N3O3/c1-15(19-14-24-20-10-6-5-9-18(19)20)21-22(28)26-23(29-21)25-13-17(27)12-11-16-7-3-2-4-8-16/h2-12,14-15,21,24H,13H2,1H3,(H,25,26,28)/b12-11+/t15-,21+/m1/s1. The van der Waals surface area contributed by atoms with E-state index >= 15 is 0 Å². The predicted molar refractivity (Wildman–Crippen MR) is 113 cm³/mol. The topological polar surface area (TPSA) is 83.5 Å². The van der Waals surface area contributed by atoms with Gasteiger partial charge in [-0.2, -0.15) is 0 Å². The van der Waals surface area contributed by atoms with E-state index in [4.69, 9.17) is 4.74 Å². The van der Waals surface area contributed by atoms with Crippen LogP contribution in [0.25, 0.3) is 17.0 Å². The third-order valence-corrected chi connectivity index (χ3v) is 4.93. The van der Waals surface area contributed by atoms with Gasteiger partial charge >= 0.3 is 0 Å². The van der Waals surface area contributed by atoms with E-state index < -0.39 is 6.10 Å². The van der Waals surface area contributed by atoms with E-state index in [1.54, 1.807) is 6.08 Å². The molecule has 1 fully saturated rings. The number of aromatic nitrogens is 1. The Labute approximate surface area is 168 Å². The minimum absolute atomic E-state index is 0.0901. The van der Waals surface area contributed by atoms with E-state index in [1.807, 2.05) is 67.7 Å². The number of para-hydroxylation sites is 1. The van der Waals surface area contributed by atoms with E-state index in [9.17, 15) is 9.59 Å². The number of fused-ring (bicyclic) bond motifs is 1. The first kappa shape index (κ1) is 18.7. The van der Waals surface area contributed by atoms with Crippen LogP contribution in [-0.2, 0) is 14.3 Å². The van der Waals surface area contributed by atoms with Crippen molar-refractivity contribution in [3.63, 3.8) is 0 Å². The van der Waals surface area contributed by atoms with Gasteiger partial charge in [0.25, 0.3) is 11.9 Å². The fourth-order valence-corrected chi connectivity index (χ4v) is 3.38. The molecule has 2 aromatic carbocycles. The summed E-state index contributed by atoms with van der Waals surface area (Å²) in [4.78, 5) is 31.8. The number of carbonyl (C=O) groups excluding carboxylic acids is 2. The van der Waals surface area contributed by atoms with Gasteiger partial charge in [0.1, 0.15) is 6.54 Å². The Balaban J connectivity index is 1.41. The number of amidine groups is 1. The van der Waals surface area contributed by atoms with Gasteiger partial charge in [-0.05, 0) is 23.3 Å². The molecule has 6 heteroatoms. The fourth-order valence-electron chi connectivity index (χ4n) is 3.38. The third kappa shape index (κ3) is 4.11. The average molecular weight is 387 g/mol. The quantitative estimate of drug-likeness (QED) is 0.636. The number of aromatic amines is 1. The number of nitrogens with zero attached hydrogens (tertiary/aromatic N) is 1. The van der Waals surface area contributed by atoms with E-state index in [-0.39, 0.29) is 30.2 Å². The molecule has 2 heterocycles. The van der Waals surface area contributed by atoms with E-state index in [2.05, 4.69) is 15.3 Å². The summed E-state index contributed by atoms with van der Waals surface area (Å²) in [6.45, 7) is 1.85. The SMILES string of the molecule is C[C@H](c1c[nH]c2ccccc12)[C@@H]1OC(=NCC(=O)/C=C/c2ccccc2)NC1=O. The normalized spacial score (nSPS) is 18.9. The maximum Gasteiger partial charge on any atom is 0.292 e. The summed E-state index contributed by atoms with van der Waals surface area (Å²) in [5, 5.41) is 3.68. The van der Waals surface area contributed by atoms with Crippen LogP contribution in [0.3, 0.4) is 0 Å². The van der Waals surface area contributed by atoms with Crippen molar-refractivity contribution in [1.82, 2.24) is 10.3 Å². The maximum absolute atomic E-state index is 12.4. The van der Waals surface area contributed by atoms with Gasteiger partial charge in [0.15, 0.2) is 11.9 Å². The molecule has 29 heavy (non-hydrogen) atoms. The molecular weight excluding hydrogens is 366 g/mol. The Kier molecular flexibility index (Phi) is 5.24. The average Bonchev–Trinajstić information content (AvgIpc) is 3.34. The van der Waals surface area contributed by atoms with Gasteiger partial charge in [-0.1, -0.05) is 61.5 Å². The van der Waals surface area contributed by atoms with Crippen molar-refractivity contribution in [3.8, 4) is 0 Å². The number of ether oxygens (including phenoxy) is 1. The summed E-state index contributed by atoms with van der Waals surface area (Å²) in [6, 6.07) is 17.6. The summed E-state index contributed by atoms with van der Waals surface area (Å²) in [6.07, 6.45) is 4.42. The molecule has 1 aliphatic rings. The zero-order valence-electron chi connectivity index (χ0n) is 16.0. The smallest absolute Gasteiger partial charge is 0.292 e. The Bertz CT molecular complexity index is 1100. The van der Waals surface area contributed by atoms with Crippen LogP contribution in [0.2, 0.25) is 0 Å². The van der Waals surface area contributed by atoms with Crippen LogP contribution in [0, 0.1) is 0 Å². The van der Waals surface area contributed by atoms with Crippen molar-refractivity contribution in [3.05, 3.63) is 78.0 Å². The molecule has 1 aromatic heterocycles. The Morgan fingerprint density at radius 1 is 1.17 bits per heavy atom. The van der Waals surface area contributed by atoms with Crippen molar-refractivity contribution < 1.29 is 14.3 Å². The van der Waals surface area contributed by atoms with Gasteiger partial charge in [-0.15, -0.1) is 0 Å². The van der Waals surface area contributed by atoms with Gasteiger partial charge < -0.3 is 9.72 Å². The Morgan fingerprint density at radius 3 is 2.76 bits per heavy atom. The molecule has 0 radical (unpaired) electrons. The number of rotatable bonds is 6. The molecule has 0 bridgehead atoms. The number of aliphatic imine (C=N–C) groups is 1. The van der Waals surface area contributed by atoms with Gasteiger partial charge in [0.2, 0.25) is 0 Å². The number of carbonyl (C=O) groups is 2. The second-order valence-electron chi connectivity index (χ2n) is 6.94. The number of hydrogen-bond donors (Lipinski definition) is 2. The second-order valence-corrected chi connectivity index (χ2v) is 6.94. The van der Waals surface area contributed by atoms with E-state index in [1.165, 1.54) is 6.08 Å². The predicted octanol–water partition coefficient (Wildman–Crippen LogP) is 3.42. The van der Waals surface area contributed by atoms with Crippen LogP contribution >= 0.6 is 0 Å². The van der Waals surface area contributed by atoms with E-state index in [0.29, 0.717) is 0 Å². The number of H-pyrrole nitrogens is 1. The van der Waals surface area contributed by atoms with Crippen LogP contribution in [0.5, 0.6) is 0 Å². The number of hydrogen-bond acceptors (Lipinski definition) is 4. The first-order chi connectivity index (χ1) is 14.1. The second kappa shape index (κ2) is 8.14. The van der Waals surface area contributed by atoms with E-state index in [0.717, 1.165) is 22.0 Å². The molecule has 2 N–H and O–H groups in total. The summed E-state index contributed by atoms with van der Waals surface area (Å²) in [5.41, 5.74) is 2.95. The molecular formula is C23H21N3O3. The zero-order chi connectivity index (χ0) is 20.2. The molecule has 1 saturated heterocycles. The zero-order valence-corrected chi connectivity index (χ0v) is 16.0. The molecule has 2 atom stereocenters. The molecule has 4 rings (SSSR count). The van der Waals surface area contributed by atoms with Crippen LogP contribution < -0.4 is 5.32 Å². The van der Waals surface area contributed by atoms with Crippen molar-refractivity contribution >= 4 is 34.7 Å². The minimum Gasteiger partial charge on any atom is -0.451 e. The van der Waals surface area contributed by atoms with Crippen molar-refractivity contribution in [1.29, 1.82) is 0 Å². The fraction of sp³-hybridized carbons (Fsp3) is 0.174. The van der Waals surface area contributed by atoms with Gasteiger partial charge in [-0.3, -0.25) is 14.9 Å². The molecule has 0 saturated carbocycles. The van der Waals surface area contributed by atoms with Gasteiger partial charge in [0, 0.05) is 23.0 Å². The minimum atomic E-state index is -0.692. The lowest BCUT2D eigenvalue weighted by Gasteiger charge is -2.15. The van der Waals surface area contributed by atoms with Crippen LogP contribution in [0.4, 0.5) is 0 Å². The highest BCUT2D eigenvalue weighted by Crippen LogP contribution is 2.30. The number of ketones is 1. The molecule has 6 nitrogen and oxygen atoms in total.